The lowest BCUT2D eigenvalue weighted by atomic mass is 9.78. The summed E-state index contributed by atoms with van der Waals surface area (Å²) < 4.78 is 5.34. The van der Waals surface area contributed by atoms with Gasteiger partial charge in [-0.25, -0.2) is 9.79 Å². The van der Waals surface area contributed by atoms with Crippen LogP contribution in [0.25, 0.3) is 6.08 Å². The molecule has 1 aliphatic heterocycles. The Morgan fingerprint density at radius 1 is 0.929 bits per heavy atom. The lowest BCUT2D eigenvalue weighted by Gasteiger charge is -2.27. The monoisotopic (exact) mass is 377 g/mol. The number of rotatable bonds is 2. The van der Waals surface area contributed by atoms with Crippen LogP contribution in [0, 0.1) is 0 Å². The number of carbonyl (C=O) groups is 1. The van der Waals surface area contributed by atoms with Crippen LogP contribution in [0.3, 0.4) is 0 Å². The highest BCUT2D eigenvalue weighted by atomic mass is 16.6. The molecule has 3 rings (SSSR count). The highest BCUT2D eigenvalue weighted by Gasteiger charge is 2.28. The molecule has 28 heavy (non-hydrogen) atoms. The van der Waals surface area contributed by atoms with Crippen molar-refractivity contribution in [2.24, 2.45) is 4.99 Å². The first-order valence-electron chi connectivity index (χ1n) is 9.43. The zero-order valence-electron chi connectivity index (χ0n) is 17.3. The molecule has 0 amide bonds. The maximum Gasteiger partial charge on any atom is 0.363 e. The van der Waals surface area contributed by atoms with E-state index in [1.807, 2.05) is 42.5 Å². The van der Waals surface area contributed by atoms with Crippen molar-refractivity contribution in [2.75, 3.05) is 0 Å². The van der Waals surface area contributed by atoms with Crippen LogP contribution >= 0.6 is 0 Å². The lowest BCUT2D eigenvalue weighted by Crippen LogP contribution is -2.17. The Hall–Kier alpha value is -2.88. The Kier molecular flexibility index (Phi) is 4.92. The van der Waals surface area contributed by atoms with E-state index in [9.17, 15) is 9.90 Å². The van der Waals surface area contributed by atoms with Crippen molar-refractivity contribution in [3.05, 3.63) is 70.4 Å². The fourth-order valence-electron chi connectivity index (χ4n) is 3.15. The summed E-state index contributed by atoms with van der Waals surface area (Å²) >= 11 is 0. The van der Waals surface area contributed by atoms with E-state index in [1.165, 1.54) is 0 Å². The van der Waals surface area contributed by atoms with Crippen molar-refractivity contribution in [1.82, 2.24) is 0 Å². The first-order chi connectivity index (χ1) is 13.0. The van der Waals surface area contributed by atoms with Gasteiger partial charge in [-0.2, -0.15) is 0 Å². The molecule has 0 atom stereocenters. The Morgan fingerprint density at radius 2 is 1.46 bits per heavy atom. The van der Waals surface area contributed by atoms with Gasteiger partial charge in [0.15, 0.2) is 5.70 Å². The van der Waals surface area contributed by atoms with E-state index in [2.05, 4.69) is 46.5 Å². The van der Waals surface area contributed by atoms with Gasteiger partial charge in [-0.1, -0.05) is 59.7 Å². The van der Waals surface area contributed by atoms with Gasteiger partial charge in [0.1, 0.15) is 5.75 Å². The topological polar surface area (TPSA) is 58.9 Å². The zero-order valence-corrected chi connectivity index (χ0v) is 17.3. The average Bonchev–Trinajstić information content (AvgIpc) is 2.96. The first kappa shape index (κ1) is 19.9. The number of phenolic OH excluding ortho intramolecular Hbond substituents is 1. The lowest BCUT2D eigenvalue weighted by molar-refractivity contribution is -0.129. The fourth-order valence-corrected chi connectivity index (χ4v) is 3.15. The minimum absolute atomic E-state index is 0.243. The maximum absolute atomic E-state index is 12.3. The van der Waals surface area contributed by atoms with Crippen molar-refractivity contribution >= 4 is 17.9 Å². The van der Waals surface area contributed by atoms with E-state index < -0.39 is 5.97 Å². The summed E-state index contributed by atoms with van der Waals surface area (Å²) in [6, 6.07) is 13.2. The van der Waals surface area contributed by atoms with Gasteiger partial charge in [0.25, 0.3) is 0 Å². The summed E-state index contributed by atoms with van der Waals surface area (Å²) in [7, 11) is 0. The molecule has 2 aromatic carbocycles. The van der Waals surface area contributed by atoms with E-state index in [-0.39, 0.29) is 16.5 Å². The maximum atomic E-state index is 12.3. The second kappa shape index (κ2) is 6.93. The molecule has 1 heterocycles. The molecule has 1 aliphatic rings. The van der Waals surface area contributed by atoms with E-state index >= 15 is 0 Å². The molecule has 4 nitrogen and oxygen atoms in total. The van der Waals surface area contributed by atoms with Crippen LogP contribution in [-0.2, 0) is 20.4 Å². The third-order valence-electron chi connectivity index (χ3n) is 4.69. The van der Waals surface area contributed by atoms with Gasteiger partial charge in [-0.15, -0.1) is 0 Å². The minimum Gasteiger partial charge on any atom is -0.507 e. The Bertz CT molecular complexity index is 936. The van der Waals surface area contributed by atoms with Gasteiger partial charge in [0, 0.05) is 16.7 Å². The molecule has 0 radical (unpaired) electrons. The highest BCUT2D eigenvalue weighted by molar-refractivity contribution is 6.12. The number of hydrogen-bond donors (Lipinski definition) is 1. The molecular formula is C24H27NO3. The van der Waals surface area contributed by atoms with Crippen LogP contribution < -0.4 is 0 Å². The molecule has 2 aromatic rings. The Morgan fingerprint density at radius 3 is 1.96 bits per heavy atom. The minimum atomic E-state index is -0.471. The largest absolute Gasteiger partial charge is 0.507 e. The molecule has 4 heteroatoms. The second-order valence-corrected chi connectivity index (χ2v) is 9.17. The van der Waals surface area contributed by atoms with Crippen LogP contribution in [0.2, 0.25) is 0 Å². The highest BCUT2D eigenvalue weighted by Crippen LogP contribution is 2.40. The standard InChI is InChI=1S/C24H27NO3/c1-23(2,3)17-12-15(13-18(20(17)26)24(4,5)6)14-19-22(27)28-21(25-19)16-10-8-7-9-11-16/h7-14,26H,1-6H3/b19-14+. The van der Waals surface area contributed by atoms with Crippen molar-refractivity contribution in [3.63, 3.8) is 0 Å². The number of ether oxygens (including phenoxy) is 1. The van der Waals surface area contributed by atoms with E-state index in [0.29, 0.717) is 11.6 Å². The number of aliphatic imine (C=N–C) groups is 1. The van der Waals surface area contributed by atoms with Crippen molar-refractivity contribution in [1.29, 1.82) is 0 Å². The molecule has 0 bridgehead atoms. The summed E-state index contributed by atoms with van der Waals surface area (Å²) in [6.45, 7) is 12.3. The van der Waals surface area contributed by atoms with Gasteiger partial charge >= 0.3 is 5.97 Å². The molecular weight excluding hydrogens is 350 g/mol. The van der Waals surface area contributed by atoms with Gasteiger partial charge in [-0.3, -0.25) is 0 Å². The van der Waals surface area contributed by atoms with Crippen LogP contribution in [-0.4, -0.2) is 17.0 Å². The van der Waals surface area contributed by atoms with Crippen LogP contribution in [0.4, 0.5) is 0 Å². The number of phenols is 1. The third-order valence-corrected chi connectivity index (χ3v) is 4.69. The quantitative estimate of drug-likeness (QED) is 0.568. The second-order valence-electron chi connectivity index (χ2n) is 9.17. The molecule has 0 saturated carbocycles. The molecule has 0 unspecified atom stereocenters. The summed E-state index contributed by atoms with van der Waals surface area (Å²) in [5.41, 5.74) is 3.02. The summed E-state index contributed by atoms with van der Waals surface area (Å²) in [5, 5.41) is 10.8. The van der Waals surface area contributed by atoms with Gasteiger partial charge in [-0.05, 0) is 46.7 Å². The summed E-state index contributed by atoms with van der Waals surface area (Å²) in [4.78, 5) is 16.7. The van der Waals surface area contributed by atoms with Crippen LogP contribution in [0.1, 0.15) is 63.8 Å². The van der Waals surface area contributed by atoms with Gasteiger partial charge in [0.05, 0.1) is 0 Å². The van der Waals surface area contributed by atoms with Crippen LogP contribution in [0.15, 0.2) is 53.2 Å². The van der Waals surface area contributed by atoms with Crippen molar-refractivity contribution in [3.8, 4) is 5.75 Å². The number of aromatic hydroxyl groups is 1. The molecule has 0 spiro atoms. The van der Waals surface area contributed by atoms with Gasteiger partial charge in [0.2, 0.25) is 5.90 Å². The average molecular weight is 377 g/mol. The summed E-state index contributed by atoms with van der Waals surface area (Å²) in [5.74, 6) is 0.147. The fraction of sp³-hybridized carbons (Fsp3) is 0.333. The smallest absolute Gasteiger partial charge is 0.363 e. The SMILES string of the molecule is CC(C)(C)c1cc(/C=C2/N=C(c3ccccc3)OC2=O)cc(C(C)(C)C)c1O. The first-order valence-corrected chi connectivity index (χ1v) is 9.43. The summed E-state index contributed by atoms with van der Waals surface area (Å²) in [6.07, 6.45) is 1.72. The van der Waals surface area contributed by atoms with E-state index in [0.717, 1.165) is 22.3 Å². The molecule has 146 valence electrons. The predicted octanol–water partition coefficient (Wildman–Crippen LogP) is 5.33. The molecule has 0 aromatic heterocycles. The molecule has 0 saturated heterocycles. The number of cyclic esters (lactones) is 1. The number of benzene rings is 2. The third kappa shape index (κ3) is 4.01. The van der Waals surface area contributed by atoms with Crippen molar-refractivity contribution < 1.29 is 14.6 Å². The molecule has 0 fully saturated rings. The van der Waals surface area contributed by atoms with E-state index in [4.69, 9.17) is 4.74 Å². The number of hydrogen-bond acceptors (Lipinski definition) is 4. The van der Waals surface area contributed by atoms with Crippen molar-refractivity contribution in [2.45, 2.75) is 52.4 Å². The van der Waals surface area contributed by atoms with Crippen LogP contribution in [0.5, 0.6) is 5.75 Å². The van der Waals surface area contributed by atoms with E-state index in [1.54, 1.807) is 6.08 Å². The van der Waals surface area contributed by atoms with Gasteiger partial charge < -0.3 is 9.84 Å². The predicted molar refractivity (Wildman–Crippen MR) is 113 cm³/mol. The number of nitrogens with zero attached hydrogens (tertiary/aromatic N) is 1. The molecule has 1 N–H and O–H groups in total. The zero-order chi connectivity index (χ0) is 20.7. The Balaban J connectivity index is 2.11. The molecule has 0 aliphatic carbocycles. The number of esters is 1. The normalized spacial score (nSPS) is 16.3. The Labute approximate surface area is 166 Å². The number of carbonyl (C=O) groups excluding carboxylic acids is 1.